The summed E-state index contributed by atoms with van der Waals surface area (Å²) in [6.45, 7) is 13.7. The zero-order valence-electron chi connectivity index (χ0n) is 28.7. The van der Waals surface area contributed by atoms with Gasteiger partial charge in [-0.25, -0.2) is 12.1 Å². The fraction of sp³-hybridized carbons (Fsp3) is 0.279. The minimum absolute atomic E-state index is 0.194. The van der Waals surface area contributed by atoms with E-state index in [9.17, 15) is 0 Å². The van der Waals surface area contributed by atoms with Crippen LogP contribution in [0.1, 0.15) is 86.1 Å². The minimum Gasteiger partial charge on any atom is -0.214 e. The molecule has 0 radical (unpaired) electrons. The van der Waals surface area contributed by atoms with Crippen molar-refractivity contribution in [3.05, 3.63) is 154 Å². The summed E-state index contributed by atoms with van der Waals surface area (Å²) >= 11 is 25.3. The quantitative estimate of drug-likeness (QED) is 0.116. The third-order valence-corrected chi connectivity index (χ3v) is 10.9. The van der Waals surface area contributed by atoms with Crippen LogP contribution in [0.2, 0.25) is 0 Å². The number of benzene rings is 4. The molecule has 6 rings (SSSR count). The predicted molar refractivity (Wildman–Crippen MR) is 211 cm³/mol. The van der Waals surface area contributed by atoms with Crippen LogP contribution in [0.5, 0.6) is 0 Å². The van der Waals surface area contributed by atoms with Gasteiger partial charge < -0.3 is 0 Å². The van der Waals surface area contributed by atoms with E-state index in [-0.39, 0.29) is 10.8 Å². The van der Waals surface area contributed by atoms with E-state index in [0.717, 1.165) is 22.3 Å². The maximum atomic E-state index is 5.99. The maximum absolute atomic E-state index is 5.99. The first-order chi connectivity index (χ1) is 22.8. The molecule has 0 nitrogen and oxygen atoms in total. The van der Waals surface area contributed by atoms with E-state index in [0.29, 0.717) is 23.5 Å². The number of rotatable bonds is 6. The van der Waals surface area contributed by atoms with Crippen molar-refractivity contribution in [1.82, 2.24) is 0 Å². The second kappa shape index (κ2) is 17.3. The molecule has 5 heteroatoms. The monoisotopic (exact) mass is 790 g/mol. The van der Waals surface area contributed by atoms with Gasteiger partial charge in [0.05, 0.1) is 0 Å². The molecule has 6 aromatic rings. The van der Waals surface area contributed by atoms with E-state index >= 15 is 0 Å². The smallest absolute Gasteiger partial charge is 0.172 e. The molecule has 0 saturated heterocycles. The SMILES string of the molecule is CC(C)(C)c1ccc2[cH-]c3ccc(C(C)(C)C)cc3c2c1.ClCc1cc(CCl)cc([C](=[Zr+2])c2cc(CCl)cc(CCl)c2)c1.c1cc[cH-]c1. The Morgan fingerprint density at radius 1 is 0.542 bits per heavy atom. The Kier molecular flexibility index (Phi) is 14.0. The van der Waals surface area contributed by atoms with Gasteiger partial charge in [-0.05, 0) is 10.8 Å². The molecule has 0 atom stereocenters. The van der Waals surface area contributed by atoms with Crippen LogP contribution in [0, 0.1) is 0 Å². The van der Waals surface area contributed by atoms with Crippen molar-refractivity contribution in [2.75, 3.05) is 0 Å². The fourth-order valence-corrected chi connectivity index (χ4v) is 6.87. The zero-order valence-corrected chi connectivity index (χ0v) is 34.2. The van der Waals surface area contributed by atoms with E-state index in [4.69, 9.17) is 46.4 Å². The van der Waals surface area contributed by atoms with E-state index in [1.54, 1.807) is 0 Å². The molecule has 0 N–H and O–H groups in total. The van der Waals surface area contributed by atoms with Gasteiger partial charge in [-0.1, -0.05) is 76.9 Å². The molecule has 0 aliphatic carbocycles. The Morgan fingerprint density at radius 2 is 0.896 bits per heavy atom. The zero-order chi connectivity index (χ0) is 35.1. The van der Waals surface area contributed by atoms with Crippen molar-refractivity contribution in [2.45, 2.75) is 75.9 Å². The molecule has 0 saturated carbocycles. The first kappa shape index (κ1) is 38.8. The van der Waals surface area contributed by atoms with Crippen molar-refractivity contribution < 1.29 is 24.2 Å². The molecule has 0 aliphatic heterocycles. The predicted octanol–water partition coefficient (Wildman–Crippen LogP) is 13.5. The van der Waals surface area contributed by atoms with Gasteiger partial charge in [0.25, 0.3) is 0 Å². The number of fused-ring (bicyclic) bond motifs is 3. The van der Waals surface area contributed by atoms with Gasteiger partial charge in [0.15, 0.2) is 0 Å². The Bertz CT molecular complexity index is 1760. The molecule has 0 aromatic heterocycles. The molecule has 0 fully saturated rings. The van der Waals surface area contributed by atoms with Crippen LogP contribution in [0.25, 0.3) is 21.5 Å². The maximum Gasteiger partial charge on any atom is -0.172 e. The summed E-state index contributed by atoms with van der Waals surface area (Å²) in [7, 11) is 0. The Hall–Kier alpha value is -1.99. The molecule has 0 amide bonds. The standard InChI is InChI=1S/C21H25.C17H14Cl4.C5H5.Zr/c1-20(2,3)16-9-7-14-11-15-8-10-17(21(4,5)6)13-19(15)18(14)12-16;18-8-14-2-12(3-15(6-14)9-19)1-13-4-16(10-20)7-17(5-13)11-21;1-2-4-5-3-1;/h7-13H,1-6H3;2-7H,8-11H2;1-5H;/q-1;;-1;+2. The second-order valence-corrected chi connectivity index (χ2v) is 16.5. The van der Waals surface area contributed by atoms with E-state index in [1.165, 1.54) is 71.2 Å². The molecule has 0 bridgehead atoms. The summed E-state index contributed by atoms with van der Waals surface area (Å²) in [5, 5.41) is 5.49. The molecule has 0 aliphatic rings. The molecule has 0 unspecified atom stereocenters. The summed E-state index contributed by atoms with van der Waals surface area (Å²) in [5.74, 6) is 1.93. The minimum atomic E-state index is 0.194. The molecular weight excluding hydrogens is 750 g/mol. The van der Waals surface area contributed by atoms with Gasteiger partial charge in [0.1, 0.15) is 0 Å². The molecule has 48 heavy (non-hydrogen) atoms. The van der Waals surface area contributed by atoms with Crippen molar-refractivity contribution >= 4 is 71.2 Å². The van der Waals surface area contributed by atoms with Crippen LogP contribution in [0.4, 0.5) is 0 Å². The molecule has 0 spiro atoms. The summed E-state index contributed by atoms with van der Waals surface area (Å²) in [5.41, 5.74) is 9.87. The summed E-state index contributed by atoms with van der Waals surface area (Å²) in [6.07, 6.45) is 0. The van der Waals surface area contributed by atoms with Crippen molar-refractivity contribution in [3.63, 3.8) is 0 Å². The molecule has 0 heterocycles. The summed E-state index contributed by atoms with van der Waals surface area (Å²) < 4.78 is 1.25. The second-order valence-electron chi connectivity index (χ2n) is 14.2. The van der Waals surface area contributed by atoms with Crippen molar-refractivity contribution in [1.29, 1.82) is 0 Å². The molecular formula is C43H44Cl4Zr. The number of alkyl halides is 4. The van der Waals surface area contributed by atoms with Gasteiger partial charge in [0.2, 0.25) is 0 Å². The number of hydrogen-bond donors (Lipinski definition) is 0. The largest absolute Gasteiger partial charge is 0.214 e. The van der Waals surface area contributed by atoms with Crippen LogP contribution >= 0.6 is 46.4 Å². The first-order valence-electron chi connectivity index (χ1n) is 16.2. The fourth-order valence-electron chi connectivity index (χ4n) is 5.54. The van der Waals surface area contributed by atoms with Gasteiger partial charge in [-0.3, -0.25) is 0 Å². The van der Waals surface area contributed by atoms with E-state index in [2.05, 4.69) is 108 Å². The third kappa shape index (κ3) is 10.3. The Labute approximate surface area is 322 Å². The Morgan fingerprint density at radius 3 is 1.17 bits per heavy atom. The van der Waals surface area contributed by atoms with E-state index in [1.807, 2.05) is 42.5 Å². The summed E-state index contributed by atoms with van der Waals surface area (Å²) in [4.78, 5) is 0. The number of halogens is 4. The van der Waals surface area contributed by atoms with Crippen LogP contribution < -0.4 is 0 Å². The van der Waals surface area contributed by atoms with Crippen molar-refractivity contribution in [2.24, 2.45) is 0 Å². The van der Waals surface area contributed by atoms with Gasteiger partial charge >= 0.3 is 167 Å². The number of hydrogen-bond acceptors (Lipinski definition) is 0. The topological polar surface area (TPSA) is 0 Å². The van der Waals surface area contributed by atoms with Gasteiger partial charge in [-0.15, -0.1) is 39.7 Å². The normalized spacial score (nSPS) is 11.6. The van der Waals surface area contributed by atoms with Gasteiger partial charge in [-0.2, -0.15) is 18.2 Å². The first-order valence-corrected chi connectivity index (χ1v) is 19.5. The van der Waals surface area contributed by atoms with Crippen LogP contribution in [-0.2, 0) is 58.6 Å². The average Bonchev–Trinajstić information content (AvgIpc) is 3.78. The van der Waals surface area contributed by atoms with Crippen LogP contribution in [-0.4, -0.2) is 3.21 Å². The van der Waals surface area contributed by atoms with E-state index < -0.39 is 0 Å². The van der Waals surface area contributed by atoms with Gasteiger partial charge in [0, 0.05) is 0 Å². The van der Waals surface area contributed by atoms with Crippen LogP contribution in [0.3, 0.4) is 0 Å². The van der Waals surface area contributed by atoms with Crippen molar-refractivity contribution in [3.8, 4) is 0 Å². The average molecular weight is 794 g/mol. The van der Waals surface area contributed by atoms with Crippen LogP contribution in [0.15, 0.2) is 109 Å². The molecule has 6 aromatic carbocycles. The third-order valence-electron chi connectivity index (χ3n) is 8.30. The Balaban J connectivity index is 0.000000189. The molecule has 248 valence electrons. The summed E-state index contributed by atoms with van der Waals surface area (Å²) in [6, 6.07) is 38.7.